The molecular formula is C22H26ClN7. The Morgan fingerprint density at radius 2 is 1.93 bits per heavy atom. The van der Waals surface area contributed by atoms with Crippen LogP contribution < -0.4 is 10.2 Å². The molecule has 1 atom stereocenters. The number of halogens is 1. The third kappa shape index (κ3) is 3.53. The first-order valence-electron chi connectivity index (χ1n) is 10.3. The molecule has 156 valence electrons. The number of nitrogens with zero attached hydrogens (tertiary/aromatic N) is 6. The molecule has 0 bridgehead atoms. The van der Waals surface area contributed by atoms with Crippen molar-refractivity contribution in [3.05, 3.63) is 59.1 Å². The Balaban J connectivity index is 1.52. The van der Waals surface area contributed by atoms with E-state index in [0.29, 0.717) is 6.67 Å². The molecule has 0 amide bonds. The van der Waals surface area contributed by atoms with Gasteiger partial charge in [0.1, 0.15) is 6.17 Å². The lowest BCUT2D eigenvalue weighted by atomic mass is 10.1. The molecule has 3 aromatic rings. The summed E-state index contributed by atoms with van der Waals surface area (Å²) >= 11 is 6.13. The number of aromatic nitrogens is 2. The van der Waals surface area contributed by atoms with Crippen LogP contribution in [0, 0.1) is 0 Å². The van der Waals surface area contributed by atoms with Gasteiger partial charge in [-0.05, 0) is 56.9 Å². The fraction of sp³-hybridized carbons (Fsp3) is 0.364. The number of anilines is 1. The van der Waals surface area contributed by atoms with Crippen LogP contribution in [0.2, 0.25) is 5.02 Å². The first kappa shape index (κ1) is 19.4. The summed E-state index contributed by atoms with van der Waals surface area (Å²) in [5.41, 5.74) is 3.21. The number of guanidine groups is 1. The lowest BCUT2D eigenvalue weighted by molar-refractivity contribution is 0.254. The van der Waals surface area contributed by atoms with Crippen molar-refractivity contribution in [2.75, 3.05) is 45.4 Å². The zero-order valence-electron chi connectivity index (χ0n) is 17.3. The number of hydrogen-bond acceptors (Lipinski definition) is 6. The zero-order chi connectivity index (χ0) is 20.7. The minimum absolute atomic E-state index is 0.0834. The van der Waals surface area contributed by atoms with E-state index in [0.717, 1.165) is 59.7 Å². The highest BCUT2D eigenvalue weighted by molar-refractivity contribution is 6.30. The Labute approximate surface area is 181 Å². The number of aliphatic imine (C=N–C) groups is 1. The quantitative estimate of drug-likeness (QED) is 0.683. The number of imidazole rings is 1. The third-order valence-corrected chi connectivity index (χ3v) is 5.88. The smallest absolute Gasteiger partial charge is 0.216 e. The molecule has 0 spiro atoms. The molecule has 2 aliphatic rings. The van der Waals surface area contributed by atoms with Crippen LogP contribution in [0.25, 0.3) is 11.0 Å². The van der Waals surface area contributed by atoms with Gasteiger partial charge < -0.3 is 10.2 Å². The van der Waals surface area contributed by atoms with Crippen molar-refractivity contribution in [2.45, 2.75) is 12.6 Å². The SMILES string of the molecule is CN(C)CCCN1CN=C2N[C@@H](c3ccc(Cl)cc3)n3c(nc4ccccc43)N2C1. The molecule has 8 heteroatoms. The predicted molar refractivity (Wildman–Crippen MR) is 122 cm³/mol. The molecule has 1 aromatic heterocycles. The molecule has 30 heavy (non-hydrogen) atoms. The van der Waals surface area contributed by atoms with Crippen molar-refractivity contribution in [3.63, 3.8) is 0 Å². The van der Waals surface area contributed by atoms with Crippen molar-refractivity contribution in [2.24, 2.45) is 4.99 Å². The fourth-order valence-electron chi connectivity index (χ4n) is 4.14. The topological polar surface area (TPSA) is 51.9 Å². The average molecular weight is 424 g/mol. The van der Waals surface area contributed by atoms with Crippen molar-refractivity contribution in [3.8, 4) is 0 Å². The van der Waals surface area contributed by atoms with E-state index in [1.165, 1.54) is 0 Å². The monoisotopic (exact) mass is 423 g/mol. The van der Waals surface area contributed by atoms with Gasteiger partial charge in [0.15, 0.2) is 0 Å². The summed E-state index contributed by atoms with van der Waals surface area (Å²) in [4.78, 5) is 16.6. The number of rotatable bonds is 5. The summed E-state index contributed by atoms with van der Waals surface area (Å²) in [6.45, 7) is 3.55. The van der Waals surface area contributed by atoms with Gasteiger partial charge in [-0.25, -0.2) is 9.98 Å². The average Bonchev–Trinajstić information content (AvgIpc) is 3.14. The van der Waals surface area contributed by atoms with Crippen LogP contribution in [0.1, 0.15) is 18.2 Å². The standard InChI is InChI=1S/C22H26ClN7/c1-27(2)12-5-13-28-14-24-21-26-20(16-8-10-17(23)11-9-16)30-19-7-4-3-6-18(19)25-22(30)29(21)15-28/h3-4,6-11,20H,5,12-15H2,1-2H3,(H,24,26)/t20-/m1/s1. The second kappa shape index (κ2) is 7.91. The molecule has 2 aliphatic heterocycles. The van der Waals surface area contributed by atoms with Gasteiger partial charge in [-0.3, -0.25) is 14.4 Å². The van der Waals surface area contributed by atoms with Gasteiger partial charge >= 0.3 is 0 Å². The number of para-hydroxylation sites is 2. The first-order valence-corrected chi connectivity index (χ1v) is 10.7. The largest absolute Gasteiger partial charge is 0.331 e. The van der Waals surface area contributed by atoms with Gasteiger partial charge in [-0.2, -0.15) is 0 Å². The highest BCUT2D eigenvalue weighted by Gasteiger charge is 2.35. The van der Waals surface area contributed by atoms with Crippen LogP contribution in [0.4, 0.5) is 5.95 Å². The minimum Gasteiger partial charge on any atom is -0.331 e. The predicted octanol–water partition coefficient (Wildman–Crippen LogP) is 3.18. The Hall–Kier alpha value is -2.61. The number of fused-ring (bicyclic) bond motifs is 5. The van der Waals surface area contributed by atoms with Crippen LogP contribution in [-0.2, 0) is 0 Å². The molecular weight excluding hydrogens is 398 g/mol. The highest BCUT2D eigenvalue weighted by Crippen LogP contribution is 2.34. The Morgan fingerprint density at radius 1 is 1.13 bits per heavy atom. The van der Waals surface area contributed by atoms with Gasteiger partial charge in [0.2, 0.25) is 11.9 Å². The van der Waals surface area contributed by atoms with E-state index in [1.807, 2.05) is 18.2 Å². The maximum absolute atomic E-state index is 6.13. The molecule has 7 nitrogen and oxygen atoms in total. The van der Waals surface area contributed by atoms with E-state index in [2.05, 4.69) is 69.0 Å². The molecule has 0 saturated carbocycles. The van der Waals surface area contributed by atoms with Crippen molar-refractivity contribution < 1.29 is 0 Å². The van der Waals surface area contributed by atoms with E-state index in [1.54, 1.807) is 0 Å². The van der Waals surface area contributed by atoms with Gasteiger partial charge in [0.05, 0.1) is 24.4 Å². The van der Waals surface area contributed by atoms with E-state index < -0.39 is 0 Å². The van der Waals surface area contributed by atoms with Crippen LogP contribution in [0.3, 0.4) is 0 Å². The van der Waals surface area contributed by atoms with Crippen LogP contribution >= 0.6 is 11.6 Å². The normalized spacial score (nSPS) is 18.9. The van der Waals surface area contributed by atoms with E-state index in [4.69, 9.17) is 21.6 Å². The summed E-state index contributed by atoms with van der Waals surface area (Å²) in [5, 5.41) is 4.37. The molecule has 0 radical (unpaired) electrons. The maximum Gasteiger partial charge on any atom is 0.216 e. The lowest BCUT2D eigenvalue weighted by Gasteiger charge is -2.41. The maximum atomic E-state index is 6.13. The van der Waals surface area contributed by atoms with Gasteiger partial charge in [-0.15, -0.1) is 0 Å². The van der Waals surface area contributed by atoms with Crippen LogP contribution in [0.15, 0.2) is 53.5 Å². The molecule has 2 aromatic carbocycles. The fourth-order valence-corrected chi connectivity index (χ4v) is 4.26. The van der Waals surface area contributed by atoms with Crippen LogP contribution in [-0.4, -0.2) is 65.8 Å². The third-order valence-electron chi connectivity index (χ3n) is 5.63. The van der Waals surface area contributed by atoms with Crippen LogP contribution in [0.5, 0.6) is 0 Å². The molecule has 5 rings (SSSR count). The summed E-state index contributed by atoms with van der Waals surface area (Å²) in [5.74, 6) is 1.80. The second-order valence-electron chi connectivity index (χ2n) is 8.11. The number of hydrogen-bond donors (Lipinski definition) is 1. The molecule has 0 unspecified atom stereocenters. The Morgan fingerprint density at radius 3 is 2.73 bits per heavy atom. The molecule has 0 saturated heterocycles. The van der Waals surface area contributed by atoms with Gasteiger partial charge in [0.25, 0.3) is 0 Å². The Bertz CT molecular complexity index is 1070. The Kier molecular flexibility index (Phi) is 5.10. The van der Waals surface area contributed by atoms with E-state index in [9.17, 15) is 0 Å². The second-order valence-corrected chi connectivity index (χ2v) is 8.55. The lowest BCUT2D eigenvalue weighted by Crippen LogP contribution is -2.57. The summed E-state index contributed by atoms with van der Waals surface area (Å²) in [6.07, 6.45) is 1.03. The van der Waals surface area contributed by atoms with Gasteiger partial charge in [0, 0.05) is 11.6 Å². The summed E-state index contributed by atoms with van der Waals surface area (Å²) in [6, 6.07) is 16.3. The minimum atomic E-state index is -0.0834. The van der Waals surface area contributed by atoms with Crippen molar-refractivity contribution >= 4 is 34.5 Å². The highest BCUT2D eigenvalue weighted by atomic mass is 35.5. The molecule has 0 aliphatic carbocycles. The zero-order valence-corrected chi connectivity index (χ0v) is 18.0. The van der Waals surface area contributed by atoms with Crippen molar-refractivity contribution in [1.29, 1.82) is 0 Å². The molecule has 0 fully saturated rings. The summed E-state index contributed by atoms with van der Waals surface area (Å²) in [7, 11) is 4.22. The summed E-state index contributed by atoms with van der Waals surface area (Å²) < 4.78 is 2.26. The van der Waals surface area contributed by atoms with Gasteiger partial charge in [-0.1, -0.05) is 35.9 Å². The van der Waals surface area contributed by atoms with Crippen molar-refractivity contribution in [1.82, 2.24) is 24.7 Å². The van der Waals surface area contributed by atoms with E-state index >= 15 is 0 Å². The first-order chi connectivity index (χ1) is 14.6. The molecule has 3 heterocycles. The van der Waals surface area contributed by atoms with E-state index in [-0.39, 0.29) is 6.17 Å². The number of benzene rings is 2. The number of nitrogens with one attached hydrogen (secondary N) is 1. The molecule has 1 N–H and O–H groups in total.